The second-order valence-corrected chi connectivity index (χ2v) is 7.30. The number of thiophene rings is 1. The van der Waals surface area contributed by atoms with Gasteiger partial charge in [-0.3, -0.25) is 4.79 Å². The van der Waals surface area contributed by atoms with Gasteiger partial charge in [0.1, 0.15) is 18.6 Å². The maximum Gasteiger partial charge on any atom is 0.310 e. The Morgan fingerprint density at radius 3 is 2.75 bits per heavy atom. The number of aryl methyl sites for hydroxylation is 1. The van der Waals surface area contributed by atoms with Crippen molar-refractivity contribution >= 4 is 17.3 Å². The zero-order chi connectivity index (χ0) is 19.5. The van der Waals surface area contributed by atoms with Gasteiger partial charge in [-0.25, -0.2) is 9.67 Å². The number of aromatic nitrogens is 3. The van der Waals surface area contributed by atoms with E-state index in [0.717, 1.165) is 27.5 Å². The van der Waals surface area contributed by atoms with Crippen LogP contribution in [0.1, 0.15) is 22.6 Å². The van der Waals surface area contributed by atoms with E-state index in [4.69, 9.17) is 9.15 Å². The SMILES string of the molecule is Cc1nn(-c2ccccc2)c(C)c1CC(=O)OCc1coc(-c2cccs2)n1. The first-order chi connectivity index (χ1) is 13.6. The molecular weight excluding hydrogens is 374 g/mol. The molecule has 6 nitrogen and oxygen atoms in total. The van der Waals surface area contributed by atoms with Gasteiger partial charge in [0, 0.05) is 11.3 Å². The molecule has 142 valence electrons. The average Bonchev–Trinajstić information content (AvgIpc) is 3.44. The summed E-state index contributed by atoms with van der Waals surface area (Å²) in [7, 11) is 0. The van der Waals surface area contributed by atoms with Gasteiger partial charge < -0.3 is 9.15 Å². The molecular formula is C21H19N3O3S. The number of rotatable bonds is 6. The van der Waals surface area contributed by atoms with Gasteiger partial charge in [0.05, 0.1) is 22.7 Å². The summed E-state index contributed by atoms with van der Waals surface area (Å²) >= 11 is 1.55. The zero-order valence-corrected chi connectivity index (χ0v) is 16.4. The Bertz CT molecular complexity index is 1080. The summed E-state index contributed by atoms with van der Waals surface area (Å²) in [4.78, 5) is 17.7. The Balaban J connectivity index is 1.41. The molecule has 0 saturated carbocycles. The summed E-state index contributed by atoms with van der Waals surface area (Å²) in [6.45, 7) is 3.94. The highest BCUT2D eigenvalue weighted by atomic mass is 32.1. The van der Waals surface area contributed by atoms with Crippen LogP contribution in [-0.2, 0) is 22.6 Å². The molecule has 4 aromatic rings. The molecule has 0 aliphatic heterocycles. The lowest BCUT2D eigenvalue weighted by Gasteiger charge is -2.05. The maximum absolute atomic E-state index is 12.4. The van der Waals surface area contributed by atoms with E-state index in [2.05, 4.69) is 10.1 Å². The third-order valence-corrected chi connectivity index (χ3v) is 5.29. The lowest BCUT2D eigenvalue weighted by atomic mass is 10.1. The average molecular weight is 393 g/mol. The Kier molecular flexibility index (Phi) is 5.08. The van der Waals surface area contributed by atoms with Gasteiger partial charge in [-0.2, -0.15) is 5.10 Å². The monoisotopic (exact) mass is 393 g/mol. The molecule has 7 heteroatoms. The van der Waals surface area contributed by atoms with Crippen molar-refractivity contribution in [3.63, 3.8) is 0 Å². The number of para-hydroxylation sites is 1. The van der Waals surface area contributed by atoms with E-state index in [1.165, 1.54) is 6.26 Å². The van der Waals surface area contributed by atoms with E-state index in [9.17, 15) is 4.79 Å². The molecule has 0 bridgehead atoms. The fourth-order valence-corrected chi connectivity index (χ4v) is 3.64. The van der Waals surface area contributed by atoms with Crippen LogP contribution in [-0.4, -0.2) is 20.7 Å². The molecule has 3 heterocycles. The Morgan fingerprint density at radius 1 is 1.18 bits per heavy atom. The van der Waals surface area contributed by atoms with E-state index in [0.29, 0.717) is 11.6 Å². The van der Waals surface area contributed by atoms with Crippen molar-refractivity contribution in [1.29, 1.82) is 0 Å². The first-order valence-corrected chi connectivity index (χ1v) is 9.74. The number of benzene rings is 1. The molecule has 0 spiro atoms. The van der Waals surface area contributed by atoms with Gasteiger partial charge in [-0.1, -0.05) is 24.3 Å². The highest BCUT2D eigenvalue weighted by Gasteiger charge is 2.17. The number of ether oxygens (including phenoxy) is 1. The molecule has 0 atom stereocenters. The molecule has 4 rings (SSSR count). The van der Waals surface area contributed by atoms with Crippen LogP contribution in [0.5, 0.6) is 0 Å². The number of nitrogens with zero attached hydrogens (tertiary/aromatic N) is 3. The molecule has 3 aromatic heterocycles. The number of carbonyl (C=O) groups excluding carboxylic acids is 1. The Labute approximate surface area is 166 Å². The van der Waals surface area contributed by atoms with Crippen LogP contribution in [0.15, 0.2) is 58.5 Å². The van der Waals surface area contributed by atoms with Crippen LogP contribution in [0.3, 0.4) is 0 Å². The van der Waals surface area contributed by atoms with Gasteiger partial charge in [0.25, 0.3) is 0 Å². The molecule has 0 aliphatic carbocycles. The molecule has 1 aromatic carbocycles. The quantitative estimate of drug-likeness (QED) is 0.451. The van der Waals surface area contributed by atoms with E-state index >= 15 is 0 Å². The highest BCUT2D eigenvalue weighted by molar-refractivity contribution is 7.13. The van der Waals surface area contributed by atoms with Crippen molar-refractivity contribution in [2.24, 2.45) is 0 Å². The number of hydrogen-bond acceptors (Lipinski definition) is 6. The maximum atomic E-state index is 12.4. The van der Waals surface area contributed by atoms with Gasteiger partial charge >= 0.3 is 5.97 Å². The lowest BCUT2D eigenvalue weighted by Crippen LogP contribution is -2.09. The molecule has 0 N–H and O–H groups in total. The summed E-state index contributed by atoms with van der Waals surface area (Å²) in [6, 6.07) is 13.7. The Morgan fingerprint density at radius 2 is 2.00 bits per heavy atom. The summed E-state index contributed by atoms with van der Waals surface area (Å²) in [5.74, 6) is 0.219. The summed E-state index contributed by atoms with van der Waals surface area (Å²) in [6.07, 6.45) is 1.69. The van der Waals surface area contributed by atoms with Gasteiger partial charge in [-0.15, -0.1) is 11.3 Å². The first-order valence-electron chi connectivity index (χ1n) is 8.86. The summed E-state index contributed by atoms with van der Waals surface area (Å²) in [5, 5.41) is 6.52. The molecule has 0 saturated heterocycles. The summed E-state index contributed by atoms with van der Waals surface area (Å²) < 4.78 is 12.7. The highest BCUT2D eigenvalue weighted by Crippen LogP contribution is 2.24. The third kappa shape index (κ3) is 3.75. The van der Waals surface area contributed by atoms with Crippen molar-refractivity contribution < 1.29 is 13.9 Å². The lowest BCUT2D eigenvalue weighted by molar-refractivity contribution is -0.144. The number of hydrogen-bond donors (Lipinski definition) is 0. The minimum Gasteiger partial charge on any atom is -0.459 e. The van der Waals surface area contributed by atoms with Crippen molar-refractivity contribution in [1.82, 2.24) is 14.8 Å². The van der Waals surface area contributed by atoms with Crippen LogP contribution >= 0.6 is 11.3 Å². The van der Waals surface area contributed by atoms with E-state index in [1.54, 1.807) is 11.3 Å². The van der Waals surface area contributed by atoms with Crippen LogP contribution in [0.25, 0.3) is 16.5 Å². The van der Waals surface area contributed by atoms with Crippen LogP contribution in [0, 0.1) is 13.8 Å². The largest absolute Gasteiger partial charge is 0.459 e. The molecule has 0 amide bonds. The third-order valence-electron chi connectivity index (χ3n) is 4.43. The normalized spacial score (nSPS) is 10.9. The molecule has 0 fully saturated rings. The van der Waals surface area contributed by atoms with E-state index in [1.807, 2.05) is 66.4 Å². The van der Waals surface area contributed by atoms with Crippen LogP contribution < -0.4 is 0 Å². The fourth-order valence-electron chi connectivity index (χ4n) is 2.99. The molecule has 28 heavy (non-hydrogen) atoms. The second-order valence-electron chi connectivity index (χ2n) is 6.36. The molecule has 0 unspecified atom stereocenters. The predicted molar refractivity (Wildman–Crippen MR) is 106 cm³/mol. The van der Waals surface area contributed by atoms with Crippen molar-refractivity contribution in [2.45, 2.75) is 26.9 Å². The summed E-state index contributed by atoms with van der Waals surface area (Å²) in [5.41, 5.74) is 4.19. The van der Waals surface area contributed by atoms with Crippen molar-refractivity contribution in [3.8, 4) is 16.5 Å². The second kappa shape index (κ2) is 7.82. The topological polar surface area (TPSA) is 70.2 Å². The predicted octanol–water partition coefficient (Wildman–Crippen LogP) is 4.49. The van der Waals surface area contributed by atoms with Gasteiger partial charge in [-0.05, 0) is 37.4 Å². The minimum atomic E-state index is -0.320. The first kappa shape index (κ1) is 18.2. The van der Waals surface area contributed by atoms with Crippen LogP contribution in [0.2, 0.25) is 0 Å². The van der Waals surface area contributed by atoms with Gasteiger partial charge in [0.2, 0.25) is 5.89 Å². The number of carbonyl (C=O) groups is 1. The van der Waals surface area contributed by atoms with Crippen LogP contribution in [0.4, 0.5) is 0 Å². The zero-order valence-electron chi connectivity index (χ0n) is 15.6. The standard InChI is InChI=1S/C21H19N3O3S/c1-14-18(15(2)24(23-14)17-7-4-3-5-8-17)11-20(25)26-12-16-13-27-21(22-16)19-9-6-10-28-19/h3-10,13H,11-12H2,1-2H3. The van der Waals surface area contributed by atoms with Gasteiger partial charge in [0.15, 0.2) is 0 Å². The number of esters is 1. The Hall–Kier alpha value is -3.19. The smallest absolute Gasteiger partial charge is 0.310 e. The van der Waals surface area contributed by atoms with E-state index < -0.39 is 0 Å². The molecule has 0 aliphatic rings. The minimum absolute atomic E-state index is 0.0820. The van der Waals surface area contributed by atoms with Crippen molar-refractivity contribution in [2.75, 3.05) is 0 Å². The fraction of sp³-hybridized carbons (Fsp3) is 0.190. The molecule has 0 radical (unpaired) electrons. The van der Waals surface area contributed by atoms with Crippen molar-refractivity contribution in [3.05, 3.63) is 76.8 Å². The number of oxazole rings is 1. The van der Waals surface area contributed by atoms with E-state index in [-0.39, 0.29) is 19.0 Å².